The summed E-state index contributed by atoms with van der Waals surface area (Å²) >= 11 is 0. The Balaban J connectivity index is 1.63. The van der Waals surface area contributed by atoms with Gasteiger partial charge in [0.2, 0.25) is 5.95 Å². The van der Waals surface area contributed by atoms with Crippen LogP contribution >= 0.6 is 0 Å². The van der Waals surface area contributed by atoms with Gasteiger partial charge < -0.3 is 16.0 Å². The summed E-state index contributed by atoms with van der Waals surface area (Å²) in [6.45, 7) is 5.94. The Bertz CT molecular complexity index is 1450. The number of hydrogen-bond acceptors (Lipinski definition) is 6. The lowest BCUT2D eigenvalue weighted by Gasteiger charge is -2.18. The largest absolute Gasteiger partial charge is 0.357 e. The summed E-state index contributed by atoms with van der Waals surface area (Å²) in [5, 5.41) is 12.8. The molecule has 4 rings (SSSR count). The Morgan fingerprint density at radius 1 is 1.12 bits per heavy atom. The SMILES string of the molecule is CNc1ncc2cc(-c3ccc(F)c(NC(=O)Nc4cnn(C(C)(C)C)c4)c3)c(=O)n(C)c2n1. The van der Waals surface area contributed by atoms with Crippen LogP contribution in [0.15, 0.2) is 47.7 Å². The number of aromatic nitrogens is 5. The maximum absolute atomic E-state index is 14.5. The maximum atomic E-state index is 14.5. The van der Waals surface area contributed by atoms with E-state index in [1.807, 2.05) is 20.8 Å². The zero-order valence-electron chi connectivity index (χ0n) is 19.5. The number of fused-ring (bicyclic) bond motifs is 1. The average molecular weight is 465 g/mol. The monoisotopic (exact) mass is 464 g/mol. The second kappa shape index (κ2) is 8.58. The molecule has 0 atom stereocenters. The van der Waals surface area contributed by atoms with E-state index in [0.717, 1.165) is 0 Å². The minimum absolute atomic E-state index is 0.0675. The fourth-order valence-electron chi connectivity index (χ4n) is 3.40. The van der Waals surface area contributed by atoms with Gasteiger partial charge in [-0.2, -0.15) is 10.1 Å². The molecule has 0 unspecified atom stereocenters. The summed E-state index contributed by atoms with van der Waals surface area (Å²) in [4.78, 5) is 34.0. The maximum Gasteiger partial charge on any atom is 0.323 e. The Hall–Kier alpha value is -4.28. The minimum Gasteiger partial charge on any atom is -0.357 e. The fourth-order valence-corrected chi connectivity index (χ4v) is 3.40. The van der Waals surface area contributed by atoms with Crippen molar-refractivity contribution >= 4 is 34.4 Å². The number of pyridine rings is 1. The van der Waals surface area contributed by atoms with Crippen molar-refractivity contribution in [1.29, 1.82) is 0 Å². The number of amides is 2. The van der Waals surface area contributed by atoms with Gasteiger partial charge in [0.15, 0.2) is 0 Å². The number of rotatable bonds is 4. The zero-order chi connectivity index (χ0) is 24.6. The van der Waals surface area contributed by atoms with E-state index in [9.17, 15) is 14.0 Å². The van der Waals surface area contributed by atoms with Crippen LogP contribution in [0.4, 0.5) is 26.5 Å². The molecule has 34 heavy (non-hydrogen) atoms. The number of anilines is 3. The van der Waals surface area contributed by atoms with Gasteiger partial charge in [-0.25, -0.2) is 14.2 Å². The molecule has 0 radical (unpaired) electrons. The highest BCUT2D eigenvalue weighted by atomic mass is 19.1. The van der Waals surface area contributed by atoms with Crippen LogP contribution in [0.3, 0.4) is 0 Å². The van der Waals surface area contributed by atoms with E-state index < -0.39 is 11.8 Å². The van der Waals surface area contributed by atoms with Crippen molar-refractivity contribution in [2.45, 2.75) is 26.3 Å². The number of halogens is 1. The molecule has 0 saturated carbocycles. The van der Waals surface area contributed by atoms with Crippen LogP contribution in [0.2, 0.25) is 0 Å². The van der Waals surface area contributed by atoms with Gasteiger partial charge in [0.1, 0.15) is 11.5 Å². The van der Waals surface area contributed by atoms with E-state index in [2.05, 4.69) is 31.0 Å². The Morgan fingerprint density at radius 3 is 2.56 bits per heavy atom. The first-order valence-electron chi connectivity index (χ1n) is 10.5. The first-order valence-corrected chi connectivity index (χ1v) is 10.5. The quantitative estimate of drug-likeness (QED) is 0.423. The Morgan fingerprint density at radius 2 is 1.88 bits per heavy atom. The first kappa shape index (κ1) is 22.9. The predicted molar refractivity (Wildman–Crippen MR) is 130 cm³/mol. The molecule has 4 aromatic rings. The third kappa shape index (κ3) is 4.45. The van der Waals surface area contributed by atoms with E-state index in [4.69, 9.17) is 0 Å². The Kier molecular flexibility index (Phi) is 5.78. The third-order valence-electron chi connectivity index (χ3n) is 5.23. The summed E-state index contributed by atoms with van der Waals surface area (Å²) in [5.41, 5.74) is 1.06. The van der Waals surface area contributed by atoms with Gasteiger partial charge in [-0.05, 0) is 44.5 Å². The molecule has 0 aliphatic rings. The van der Waals surface area contributed by atoms with Crippen molar-refractivity contribution in [3.8, 4) is 11.1 Å². The average Bonchev–Trinajstić information content (AvgIpc) is 3.26. The van der Waals surface area contributed by atoms with Crippen LogP contribution in [0.5, 0.6) is 0 Å². The molecule has 10 nitrogen and oxygen atoms in total. The van der Waals surface area contributed by atoms with Crippen LogP contribution in [-0.4, -0.2) is 37.4 Å². The van der Waals surface area contributed by atoms with E-state index in [1.165, 1.54) is 29.0 Å². The van der Waals surface area contributed by atoms with Gasteiger partial charge in [-0.3, -0.25) is 14.0 Å². The summed E-state index contributed by atoms with van der Waals surface area (Å²) in [6.07, 6.45) is 4.80. The van der Waals surface area contributed by atoms with Crippen LogP contribution in [0.1, 0.15) is 20.8 Å². The second-order valence-electron chi connectivity index (χ2n) is 8.76. The predicted octanol–water partition coefficient (Wildman–Crippen LogP) is 3.77. The van der Waals surface area contributed by atoms with Crippen LogP contribution in [0, 0.1) is 5.82 Å². The molecule has 0 spiro atoms. The van der Waals surface area contributed by atoms with Gasteiger partial charge in [-0.15, -0.1) is 0 Å². The summed E-state index contributed by atoms with van der Waals surface area (Å²) in [5.74, 6) is -0.244. The first-order chi connectivity index (χ1) is 16.1. The molecule has 11 heteroatoms. The number of urea groups is 1. The number of carbonyl (C=O) groups is 1. The number of nitrogens with zero attached hydrogens (tertiary/aromatic N) is 5. The van der Waals surface area contributed by atoms with Crippen molar-refractivity contribution in [3.63, 3.8) is 0 Å². The highest BCUT2D eigenvalue weighted by molar-refractivity contribution is 6.00. The third-order valence-corrected chi connectivity index (χ3v) is 5.23. The molecule has 0 fully saturated rings. The second-order valence-corrected chi connectivity index (χ2v) is 8.76. The van der Waals surface area contributed by atoms with Crippen molar-refractivity contribution in [2.75, 3.05) is 23.0 Å². The molecule has 0 bridgehead atoms. The summed E-state index contributed by atoms with van der Waals surface area (Å²) in [6, 6.07) is 5.11. The van der Waals surface area contributed by atoms with Gasteiger partial charge in [0.25, 0.3) is 5.56 Å². The number of benzene rings is 1. The van der Waals surface area contributed by atoms with Crippen molar-refractivity contribution in [1.82, 2.24) is 24.3 Å². The van der Waals surface area contributed by atoms with Gasteiger partial charge in [-0.1, -0.05) is 6.07 Å². The molecule has 2 amide bonds. The smallest absolute Gasteiger partial charge is 0.323 e. The van der Waals surface area contributed by atoms with Gasteiger partial charge in [0, 0.05) is 37.4 Å². The molecule has 3 aromatic heterocycles. The Labute approximate surface area is 194 Å². The van der Waals surface area contributed by atoms with Gasteiger partial charge in [0.05, 0.1) is 23.1 Å². The number of hydrogen-bond donors (Lipinski definition) is 3. The van der Waals surface area contributed by atoms with Crippen LogP contribution in [0.25, 0.3) is 22.2 Å². The standard InChI is InChI=1S/C23H25FN8O2/c1-23(2,3)32-12-15(11-27-32)28-22(34)29-18-9-13(6-7-17(18)24)16-8-14-10-26-21(25-4)30-19(14)31(5)20(16)33/h6-12H,1-5H3,(H,25,26,30)(H2,28,29,34). The number of nitrogens with one attached hydrogen (secondary N) is 3. The lowest BCUT2D eigenvalue weighted by Crippen LogP contribution is -2.22. The molecular weight excluding hydrogens is 439 g/mol. The molecule has 0 aliphatic heterocycles. The van der Waals surface area contributed by atoms with Crippen molar-refractivity contribution in [3.05, 3.63) is 59.0 Å². The lowest BCUT2D eigenvalue weighted by atomic mass is 10.1. The molecular formula is C23H25FN8O2. The number of aryl methyl sites for hydroxylation is 1. The van der Waals surface area contributed by atoms with E-state index in [-0.39, 0.29) is 16.8 Å². The van der Waals surface area contributed by atoms with Crippen molar-refractivity contribution < 1.29 is 9.18 Å². The minimum atomic E-state index is -0.635. The van der Waals surface area contributed by atoms with Crippen LogP contribution in [-0.2, 0) is 12.6 Å². The molecule has 1 aromatic carbocycles. The highest BCUT2D eigenvalue weighted by Gasteiger charge is 2.17. The van der Waals surface area contributed by atoms with Gasteiger partial charge >= 0.3 is 6.03 Å². The molecule has 3 heterocycles. The van der Waals surface area contributed by atoms with Crippen LogP contribution < -0.4 is 21.5 Å². The van der Waals surface area contributed by atoms with E-state index >= 15 is 0 Å². The van der Waals surface area contributed by atoms with E-state index in [0.29, 0.717) is 33.8 Å². The molecule has 176 valence electrons. The highest BCUT2D eigenvalue weighted by Crippen LogP contribution is 2.25. The normalized spacial score (nSPS) is 11.5. The topological polar surface area (TPSA) is 119 Å². The molecule has 0 saturated heterocycles. The fraction of sp³-hybridized carbons (Fsp3) is 0.261. The van der Waals surface area contributed by atoms with Crippen molar-refractivity contribution in [2.24, 2.45) is 7.05 Å². The summed E-state index contributed by atoms with van der Waals surface area (Å²) < 4.78 is 17.6. The number of carbonyl (C=O) groups excluding carboxylic acids is 1. The molecule has 3 N–H and O–H groups in total. The van der Waals surface area contributed by atoms with E-state index in [1.54, 1.807) is 37.2 Å². The summed E-state index contributed by atoms with van der Waals surface area (Å²) in [7, 11) is 3.29. The lowest BCUT2D eigenvalue weighted by molar-refractivity contribution is 0.262. The molecule has 0 aliphatic carbocycles. The zero-order valence-corrected chi connectivity index (χ0v) is 19.5.